The minimum atomic E-state index is -0.287. The Kier molecular flexibility index (Phi) is 2.79. The molecule has 3 rings (SSSR count). The zero-order chi connectivity index (χ0) is 13.1. The summed E-state index contributed by atoms with van der Waals surface area (Å²) in [5.74, 6) is 3.04. The number of hydrogen-bond acceptors (Lipinski definition) is 4. The second kappa shape index (κ2) is 4.01. The molecule has 0 amide bonds. The topological polar surface area (TPSA) is 49.3 Å². The van der Waals surface area contributed by atoms with E-state index in [2.05, 4.69) is 19.2 Å². The molecule has 2 N–H and O–H groups in total. The number of hydrogen-bond donors (Lipinski definition) is 2. The first-order valence-corrected chi connectivity index (χ1v) is 7.84. The standard InChI is InChI=1S/C14H21NO2S/c1-7(15-9-5-18-6-11(9)17)12-10(16)4-8-13(12)14(8,2)3/h8-9,11,13,15,17H,4-6H2,1-3H3/t8-,9+,11+,13-/m0/s1. The van der Waals surface area contributed by atoms with Gasteiger partial charge in [-0.15, -0.1) is 0 Å². The predicted molar refractivity (Wildman–Crippen MR) is 73.3 cm³/mol. The van der Waals surface area contributed by atoms with Gasteiger partial charge < -0.3 is 10.4 Å². The molecule has 1 saturated heterocycles. The molecular formula is C14H21NO2S. The van der Waals surface area contributed by atoms with Crippen LogP contribution in [0.4, 0.5) is 0 Å². The van der Waals surface area contributed by atoms with Crippen LogP contribution >= 0.6 is 11.8 Å². The lowest BCUT2D eigenvalue weighted by atomic mass is 9.95. The molecule has 0 aromatic rings. The Labute approximate surface area is 112 Å². The smallest absolute Gasteiger partial charge is 0.161 e. The number of aliphatic hydroxyl groups is 1. The van der Waals surface area contributed by atoms with Gasteiger partial charge in [0.1, 0.15) is 0 Å². The van der Waals surface area contributed by atoms with Crippen molar-refractivity contribution in [2.45, 2.75) is 39.3 Å². The highest BCUT2D eigenvalue weighted by Gasteiger charge is 2.65. The summed E-state index contributed by atoms with van der Waals surface area (Å²) >= 11 is 1.77. The number of thioether (sulfide) groups is 1. The van der Waals surface area contributed by atoms with Crippen molar-refractivity contribution in [1.82, 2.24) is 5.32 Å². The maximum absolute atomic E-state index is 12.0. The molecule has 4 heteroatoms. The van der Waals surface area contributed by atoms with Gasteiger partial charge in [0.05, 0.1) is 12.1 Å². The molecule has 0 spiro atoms. The molecule has 0 unspecified atom stereocenters. The van der Waals surface area contributed by atoms with Crippen molar-refractivity contribution >= 4 is 17.5 Å². The number of allylic oxidation sites excluding steroid dienone is 2. The fourth-order valence-electron chi connectivity index (χ4n) is 3.66. The van der Waals surface area contributed by atoms with Crippen LogP contribution in [-0.4, -0.2) is 34.5 Å². The van der Waals surface area contributed by atoms with E-state index < -0.39 is 0 Å². The maximum Gasteiger partial charge on any atom is 0.161 e. The third-order valence-electron chi connectivity index (χ3n) is 4.92. The van der Waals surface area contributed by atoms with Crippen LogP contribution in [0.25, 0.3) is 0 Å². The summed E-state index contributed by atoms with van der Waals surface area (Å²) in [5.41, 5.74) is 2.31. The van der Waals surface area contributed by atoms with Crippen molar-refractivity contribution < 1.29 is 9.90 Å². The van der Waals surface area contributed by atoms with E-state index in [0.29, 0.717) is 29.5 Å². The van der Waals surface area contributed by atoms with Crippen LogP contribution < -0.4 is 5.32 Å². The Morgan fingerprint density at radius 1 is 1.44 bits per heavy atom. The van der Waals surface area contributed by atoms with Crippen molar-refractivity contribution in [1.29, 1.82) is 0 Å². The second-order valence-electron chi connectivity index (χ2n) is 6.43. The molecule has 4 atom stereocenters. The molecule has 2 aliphatic carbocycles. The molecule has 0 bridgehead atoms. The normalized spacial score (nSPS) is 43.9. The second-order valence-corrected chi connectivity index (χ2v) is 7.50. The number of carbonyl (C=O) groups is 1. The van der Waals surface area contributed by atoms with E-state index in [-0.39, 0.29) is 12.1 Å². The molecule has 0 aromatic heterocycles. The Morgan fingerprint density at radius 2 is 2.17 bits per heavy atom. The van der Waals surface area contributed by atoms with Gasteiger partial charge in [0.2, 0.25) is 0 Å². The van der Waals surface area contributed by atoms with E-state index in [1.165, 1.54) is 0 Å². The molecule has 0 radical (unpaired) electrons. The molecule has 3 nitrogen and oxygen atoms in total. The highest BCUT2D eigenvalue weighted by Crippen LogP contribution is 2.68. The summed E-state index contributed by atoms with van der Waals surface area (Å²) < 4.78 is 0. The van der Waals surface area contributed by atoms with E-state index in [1.807, 2.05) is 6.92 Å². The Balaban J connectivity index is 1.79. The minimum absolute atomic E-state index is 0.108. The van der Waals surface area contributed by atoms with Gasteiger partial charge in [0.25, 0.3) is 0 Å². The van der Waals surface area contributed by atoms with Gasteiger partial charge in [-0.1, -0.05) is 13.8 Å². The SMILES string of the molecule is CC(N[C@@H]1CSC[C@H]1O)=C1C(=O)C[C@H]2[C@@H]1C2(C)C. The average molecular weight is 267 g/mol. The fraction of sp³-hybridized carbons (Fsp3) is 0.786. The number of rotatable bonds is 2. The van der Waals surface area contributed by atoms with Crippen LogP contribution in [0.15, 0.2) is 11.3 Å². The molecule has 1 heterocycles. The van der Waals surface area contributed by atoms with Gasteiger partial charge in [-0.05, 0) is 24.2 Å². The maximum atomic E-state index is 12.0. The van der Waals surface area contributed by atoms with Gasteiger partial charge >= 0.3 is 0 Å². The highest BCUT2D eigenvalue weighted by atomic mass is 32.2. The number of fused-ring (bicyclic) bond motifs is 1. The summed E-state index contributed by atoms with van der Waals surface area (Å²) in [6.45, 7) is 6.50. The number of aliphatic hydroxyl groups excluding tert-OH is 1. The number of ketones is 1. The predicted octanol–water partition coefficient (Wildman–Crippen LogP) is 1.57. The molecule has 100 valence electrons. The molecule has 18 heavy (non-hydrogen) atoms. The van der Waals surface area contributed by atoms with Crippen molar-refractivity contribution in [3.05, 3.63) is 11.3 Å². The molecular weight excluding hydrogens is 246 g/mol. The molecule has 0 aromatic carbocycles. The van der Waals surface area contributed by atoms with Crippen molar-refractivity contribution in [2.24, 2.45) is 17.3 Å². The van der Waals surface area contributed by atoms with E-state index in [0.717, 1.165) is 22.8 Å². The van der Waals surface area contributed by atoms with Crippen LogP contribution in [-0.2, 0) is 4.79 Å². The zero-order valence-electron chi connectivity index (χ0n) is 11.2. The largest absolute Gasteiger partial charge is 0.390 e. The van der Waals surface area contributed by atoms with Crippen molar-refractivity contribution in [2.75, 3.05) is 11.5 Å². The lowest BCUT2D eigenvalue weighted by Gasteiger charge is -2.20. The molecule has 2 saturated carbocycles. The van der Waals surface area contributed by atoms with Crippen LogP contribution in [0, 0.1) is 17.3 Å². The van der Waals surface area contributed by atoms with E-state index in [4.69, 9.17) is 0 Å². The lowest BCUT2D eigenvalue weighted by Crippen LogP contribution is -2.38. The van der Waals surface area contributed by atoms with E-state index in [9.17, 15) is 9.90 Å². The van der Waals surface area contributed by atoms with Crippen molar-refractivity contribution in [3.8, 4) is 0 Å². The summed E-state index contributed by atoms with van der Waals surface area (Å²) in [6.07, 6.45) is 0.429. The number of carbonyl (C=O) groups excluding carboxylic acids is 1. The average Bonchev–Trinajstić information content (AvgIpc) is 2.69. The third-order valence-corrected chi connectivity index (χ3v) is 6.10. The van der Waals surface area contributed by atoms with Crippen LogP contribution in [0.1, 0.15) is 27.2 Å². The van der Waals surface area contributed by atoms with Crippen LogP contribution in [0.3, 0.4) is 0 Å². The first-order chi connectivity index (χ1) is 8.43. The van der Waals surface area contributed by atoms with E-state index in [1.54, 1.807) is 11.8 Å². The number of nitrogens with one attached hydrogen (secondary N) is 1. The Bertz CT molecular complexity index is 430. The van der Waals surface area contributed by atoms with Gasteiger partial charge in [-0.25, -0.2) is 0 Å². The summed E-state index contributed by atoms with van der Waals surface area (Å²) in [4.78, 5) is 12.0. The fourth-order valence-corrected chi connectivity index (χ4v) is 4.83. The third kappa shape index (κ3) is 1.73. The van der Waals surface area contributed by atoms with Gasteiger partial charge in [-0.2, -0.15) is 11.8 Å². The molecule has 3 aliphatic rings. The summed E-state index contributed by atoms with van der Waals surface area (Å²) in [7, 11) is 0. The Hall–Kier alpha value is -0.480. The first kappa shape index (κ1) is 12.5. The lowest BCUT2D eigenvalue weighted by molar-refractivity contribution is -0.115. The quantitative estimate of drug-likeness (QED) is 0.746. The molecule has 3 fully saturated rings. The zero-order valence-corrected chi connectivity index (χ0v) is 12.0. The van der Waals surface area contributed by atoms with Crippen LogP contribution in [0.2, 0.25) is 0 Å². The Morgan fingerprint density at radius 3 is 2.72 bits per heavy atom. The van der Waals surface area contributed by atoms with Gasteiger partial charge in [0.15, 0.2) is 5.78 Å². The summed E-state index contributed by atoms with van der Waals surface area (Å²) in [5, 5.41) is 13.2. The van der Waals surface area contributed by atoms with E-state index >= 15 is 0 Å². The summed E-state index contributed by atoms with van der Waals surface area (Å²) in [6, 6.07) is 0.108. The van der Waals surface area contributed by atoms with Crippen molar-refractivity contribution in [3.63, 3.8) is 0 Å². The van der Waals surface area contributed by atoms with Gasteiger partial charge in [0, 0.05) is 29.2 Å². The highest BCUT2D eigenvalue weighted by molar-refractivity contribution is 7.99. The molecule has 1 aliphatic heterocycles. The number of Topliss-reactive ketones (excluding diaryl/α,β-unsaturated/α-hetero) is 1. The van der Waals surface area contributed by atoms with Crippen LogP contribution in [0.5, 0.6) is 0 Å². The monoisotopic (exact) mass is 267 g/mol. The minimum Gasteiger partial charge on any atom is -0.390 e. The first-order valence-electron chi connectivity index (χ1n) is 6.69. The van der Waals surface area contributed by atoms with Gasteiger partial charge in [-0.3, -0.25) is 4.79 Å².